The van der Waals surface area contributed by atoms with Gasteiger partial charge in [0.2, 0.25) is 0 Å². The lowest BCUT2D eigenvalue weighted by Crippen LogP contribution is -2.38. The van der Waals surface area contributed by atoms with Gasteiger partial charge in [-0.2, -0.15) is 0 Å². The molecule has 26 heavy (non-hydrogen) atoms. The largest absolute Gasteiger partial charge is 0.497 e. The maximum Gasteiger partial charge on any atom is 0.331 e. The Bertz CT molecular complexity index is 843. The van der Waals surface area contributed by atoms with E-state index in [1.165, 1.54) is 6.08 Å². The minimum atomic E-state index is -0.554. The van der Waals surface area contributed by atoms with E-state index in [0.29, 0.717) is 5.75 Å². The first-order valence-corrected chi connectivity index (χ1v) is 8.47. The van der Waals surface area contributed by atoms with Gasteiger partial charge in [0.25, 0.3) is 5.91 Å². The summed E-state index contributed by atoms with van der Waals surface area (Å²) in [6.45, 7) is 1.71. The van der Waals surface area contributed by atoms with E-state index in [9.17, 15) is 9.59 Å². The maximum atomic E-state index is 12.5. The van der Waals surface area contributed by atoms with Crippen LogP contribution in [0, 0.1) is 0 Å². The highest BCUT2D eigenvalue weighted by atomic mass is 16.5. The van der Waals surface area contributed by atoms with Crippen LogP contribution in [0.15, 0.2) is 54.6 Å². The molecular formula is C21H21NO4. The molecule has 1 aliphatic rings. The maximum absolute atomic E-state index is 12.5. The Morgan fingerprint density at radius 3 is 2.81 bits per heavy atom. The first-order valence-electron chi connectivity index (χ1n) is 8.47. The zero-order chi connectivity index (χ0) is 18.5. The van der Waals surface area contributed by atoms with Gasteiger partial charge in [-0.1, -0.05) is 30.3 Å². The van der Waals surface area contributed by atoms with Crippen molar-refractivity contribution in [2.45, 2.75) is 19.4 Å². The molecule has 0 saturated heterocycles. The molecule has 1 atom stereocenters. The topological polar surface area (TPSA) is 55.8 Å². The van der Waals surface area contributed by atoms with Gasteiger partial charge in [0.1, 0.15) is 5.75 Å². The lowest BCUT2D eigenvalue weighted by Gasteiger charge is -2.22. The molecule has 3 rings (SSSR count). The number of ether oxygens (including phenoxy) is 2. The zero-order valence-corrected chi connectivity index (χ0v) is 14.8. The fraction of sp³-hybridized carbons (Fsp3) is 0.238. The summed E-state index contributed by atoms with van der Waals surface area (Å²) in [6.07, 6.45) is 3.75. The molecule has 0 aliphatic carbocycles. The minimum absolute atomic E-state index is 0.0610. The van der Waals surface area contributed by atoms with Gasteiger partial charge in [0, 0.05) is 17.8 Å². The molecule has 0 unspecified atom stereocenters. The van der Waals surface area contributed by atoms with Crippen molar-refractivity contribution in [1.29, 1.82) is 0 Å². The highest BCUT2D eigenvalue weighted by Crippen LogP contribution is 2.31. The Morgan fingerprint density at radius 2 is 2.00 bits per heavy atom. The van der Waals surface area contributed by atoms with Crippen LogP contribution in [0.5, 0.6) is 5.75 Å². The fourth-order valence-electron chi connectivity index (χ4n) is 3.11. The summed E-state index contributed by atoms with van der Waals surface area (Å²) in [7, 11) is 1.58. The molecule has 0 spiro atoms. The summed E-state index contributed by atoms with van der Waals surface area (Å²) in [4.78, 5) is 26.1. The van der Waals surface area contributed by atoms with Gasteiger partial charge in [-0.05, 0) is 48.7 Å². The third-order valence-corrected chi connectivity index (χ3v) is 4.32. The standard InChI is InChI=1S/C21H21NO4/c1-15-12-17-7-3-4-9-19(17)22(15)20(23)14-26-21(24)11-10-16-6-5-8-18(13-16)25-2/h3-11,13,15H,12,14H2,1-2H3/b11-10+/t15-/m0/s1. The number of para-hydroxylation sites is 1. The van der Waals surface area contributed by atoms with E-state index in [4.69, 9.17) is 9.47 Å². The summed E-state index contributed by atoms with van der Waals surface area (Å²) in [6, 6.07) is 15.2. The average molecular weight is 351 g/mol. The normalized spacial score (nSPS) is 15.8. The summed E-state index contributed by atoms with van der Waals surface area (Å²) in [5.74, 6) is -0.0655. The second-order valence-corrected chi connectivity index (χ2v) is 6.16. The van der Waals surface area contributed by atoms with E-state index in [1.54, 1.807) is 24.2 Å². The number of hydrogen-bond donors (Lipinski definition) is 0. The molecular weight excluding hydrogens is 330 g/mol. The number of rotatable bonds is 5. The van der Waals surface area contributed by atoms with Crippen molar-refractivity contribution in [2.75, 3.05) is 18.6 Å². The second-order valence-electron chi connectivity index (χ2n) is 6.16. The van der Waals surface area contributed by atoms with E-state index in [0.717, 1.165) is 23.2 Å². The number of fused-ring (bicyclic) bond motifs is 1. The number of benzene rings is 2. The minimum Gasteiger partial charge on any atom is -0.497 e. The Morgan fingerprint density at radius 1 is 1.19 bits per heavy atom. The van der Waals surface area contributed by atoms with Crippen molar-refractivity contribution in [3.05, 3.63) is 65.7 Å². The highest BCUT2D eigenvalue weighted by molar-refractivity contribution is 5.98. The van der Waals surface area contributed by atoms with Crippen molar-refractivity contribution in [3.63, 3.8) is 0 Å². The van der Waals surface area contributed by atoms with E-state index >= 15 is 0 Å². The van der Waals surface area contributed by atoms with Crippen molar-refractivity contribution < 1.29 is 19.1 Å². The molecule has 0 aromatic heterocycles. The number of carbonyl (C=O) groups is 2. The van der Waals surface area contributed by atoms with Gasteiger partial charge in [-0.15, -0.1) is 0 Å². The Labute approximate surface area is 152 Å². The Balaban J connectivity index is 1.57. The van der Waals surface area contributed by atoms with Crippen LogP contribution in [0.2, 0.25) is 0 Å². The monoisotopic (exact) mass is 351 g/mol. The van der Waals surface area contributed by atoms with Crippen molar-refractivity contribution >= 4 is 23.6 Å². The van der Waals surface area contributed by atoms with Gasteiger partial charge >= 0.3 is 5.97 Å². The second kappa shape index (κ2) is 7.87. The van der Waals surface area contributed by atoms with Crippen LogP contribution in [-0.4, -0.2) is 31.6 Å². The lowest BCUT2D eigenvalue weighted by atomic mass is 10.1. The molecule has 1 aliphatic heterocycles. The zero-order valence-electron chi connectivity index (χ0n) is 14.8. The first-order chi connectivity index (χ1) is 12.6. The molecule has 2 aromatic carbocycles. The number of anilines is 1. The van der Waals surface area contributed by atoms with Crippen LogP contribution in [0.25, 0.3) is 6.08 Å². The number of hydrogen-bond acceptors (Lipinski definition) is 4. The summed E-state index contributed by atoms with van der Waals surface area (Å²) in [5.41, 5.74) is 2.85. The Kier molecular flexibility index (Phi) is 5.37. The molecule has 2 aromatic rings. The van der Waals surface area contributed by atoms with Crippen LogP contribution < -0.4 is 9.64 Å². The molecule has 0 radical (unpaired) electrons. The van der Waals surface area contributed by atoms with Crippen molar-refractivity contribution in [1.82, 2.24) is 0 Å². The first kappa shape index (κ1) is 17.7. The van der Waals surface area contributed by atoms with Crippen LogP contribution in [0.3, 0.4) is 0 Å². The average Bonchev–Trinajstić information content (AvgIpc) is 3.00. The number of nitrogens with zero attached hydrogens (tertiary/aromatic N) is 1. The summed E-state index contributed by atoms with van der Waals surface area (Å²) < 4.78 is 10.2. The van der Waals surface area contributed by atoms with Crippen LogP contribution in [0.1, 0.15) is 18.1 Å². The number of methoxy groups -OCH3 is 1. The van der Waals surface area contributed by atoms with Gasteiger partial charge in [0.05, 0.1) is 7.11 Å². The number of esters is 1. The lowest BCUT2D eigenvalue weighted by molar-refractivity contribution is -0.143. The molecule has 1 amide bonds. The quantitative estimate of drug-likeness (QED) is 0.613. The molecule has 0 saturated carbocycles. The van der Waals surface area contributed by atoms with E-state index in [-0.39, 0.29) is 18.6 Å². The number of amides is 1. The fourth-order valence-corrected chi connectivity index (χ4v) is 3.11. The molecule has 0 N–H and O–H groups in total. The van der Waals surface area contributed by atoms with Gasteiger partial charge in [0.15, 0.2) is 6.61 Å². The van der Waals surface area contributed by atoms with E-state index in [1.807, 2.05) is 49.4 Å². The molecule has 1 heterocycles. The predicted molar refractivity (Wildman–Crippen MR) is 100 cm³/mol. The van der Waals surface area contributed by atoms with Gasteiger partial charge < -0.3 is 14.4 Å². The SMILES string of the molecule is COc1cccc(/C=C/C(=O)OCC(=O)N2c3ccccc3C[C@@H]2C)c1. The molecule has 0 bridgehead atoms. The van der Waals surface area contributed by atoms with E-state index < -0.39 is 5.97 Å². The third-order valence-electron chi connectivity index (χ3n) is 4.32. The van der Waals surface area contributed by atoms with Gasteiger partial charge in [-0.25, -0.2) is 4.79 Å². The summed E-state index contributed by atoms with van der Waals surface area (Å²) in [5, 5.41) is 0. The highest BCUT2D eigenvalue weighted by Gasteiger charge is 2.30. The third kappa shape index (κ3) is 3.94. The molecule has 134 valence electrons. The van der Waals surface area contributed by atoms with E-state index in [2.05, 4.69) is 0 Å². The van der Waals surface area contributed by atoms with Gasteiger partial charge in [-0.3, -0.25) is 4.79 Å². The molecule has 5 heteroatoms. The van der Waals surface area contributed by atoms with Crippen molar-refractivity contribution in [3.8, 4) is 5.75 Å². The molecule has 0 fully saturated rings. The smallest absolute Gasteiger partial charge is 0.331 e. The predicted octanol–water partition coefficient (Wildman–Crippen LogP) is 3.23. The van der Waals surface area contributed by atoms with Crippen LogP contribution in [0.4, 0.5) is 5.69 Å². The van der Waals surface area contributed by atoms with Crippen LogP contribution >= 0.6 is 0 Å². The summed E-state index contributed by atoms with van der Waals surface area (Å²) >= 11 is 0. The van der Waals surface area contributed by atoms with Crippen molar-refractivity contribution in [2.24, 2.45) is 0 Å². The Hall–Kier alpha value is -3.08. The molecule has 5 nitrogen and oxygen atoms in total. The number of carbonyl (C=O) groups excluding carboxylic acids is 2. The van der Waals surface area contributed by atoms with Crippen LogP contribution in [-0.2, 0) is 20.7 Å².